The van der Waals surface area contributed by atoms with Crippen molar-refractivity contribution in [1.82, 2.24) is 4.72 Å². The van der Waals surface area contributed by atoms with Crippen molar-refractivity contribution in [3.63, 3.8) is 0 Å². The zero-order valence-electron chi connectivity index (χ0n) is 11.7. The Morgan fingerprint density at radius 1 is 1.18 bits per heavy atom. The summed E-state index contributed by atoms with van der Waals surface area (Å²) in [5, 5.41) is 0.552. The number of sulfonamides is 1. The van der Waals surface area contributed by atoms with Gasteiger partial charge in [-0.05, 0) is 42.9 Å². The van der Waals surface area contributed by atoms with Crippen LogP contribution < -0.4 is 4.72 Å². The zero-order valence-corrected chi connectivity index (χ0v) is 13.3. The normalized spacial score (nSPS) is 11.2. The monoisotopic (exact) mass is 339 g/mol. The van der Waals surface area contributed by atoms with Crippen molar-refractivity contribution in [2.75, 3.05) is 7.05 Å². The van der Waals surface area contributed by atoms with E-state index >= 15 is 0 Å². The topological polar surface area (TPSA) is 72.5 Å². The number of hydrogen-bond acceptors (Lipinski definition) is 4. The van der Waals surface area contributed by atoms with Gasteiger partial charge in [-0.3, -0.25) is 0 Å². The highest BCUT2D eigenvalue weighted by molar-refractivity contribution is 7.89. The van der Waals surface area contributed by atoms with E-state index in [4.69, 9.17) is 16.3 Å². The maximum absolute atomic E-state index is 12.0. The van der Waals surface area contributed by atoms with Crippen LogP contribution in [0.25, 0.3) is 0 Å². The van der Waals surface area contributed by atoms with E-state index in [0.29, 0.717) is 5.02 Å². The molecule has 0 spiro atoms. The van der Waals surface area contributed by atoms with E-state index in [2.05, 4.69) is 4.72 Å². The summed E-state index contributed by atoms with van der Waals surface area (Å²) < 4.78 is 30.8. The van der Waals surface area contributed by atoms with Crippen LogP contribution in [0.15, 0.2) is 53.4 Å². The number of carbonyl (C=O) groups excluding carboxylic acids is 1. The van der Waals surface area contributed by atoms with Gasteiger partial charge in [-0.1, -0.05) is 29.8 Å². The molecule has 1 N–H and O–H groups in total. The first kappa shape index (κ1) is 16.5. The second-order valence-electron chi connectivity index (χ2n) is 4.44. The Bertz CT molecular complexity index is 790. The molecule has 2 aromatic rings. The lowest BCUT2D eigenvalue weighted by atomic mass is 10.2. The zero-order chi connectivity index (χ0) is 16.2. The molecule has 0 saturated carbocycles. The van der Waals surface area contributed by atoms with E-state index < -0.39 is 16.0 Å². The van der Waals surface area contributed by atoms with Gasteiger partial charge in [0.05, 0.1) is 10.5 Å². The Hall–Kier alpha value is -1.89. The van der Waals surface area contributed by atoms with Gasteiger partial charge in [0, 0.05) is 5.02 Å². The minimum Gasteiger partial charge on any atom is -0.457 e. The van der Waals surface area contributed by atoms with Crippen LogP contribution in [0.4, 0.5) is 0 Å². The third-order valence-corrected chi connectivity index (χ3v) is 4.55. The summed E-state index contributed by atoms with van der Waals surface area (Å²) in [6.07, 6.45) is 0. The molecule has 0 aliphatic rings. The van der Waals surface area contributed by atoms with E-state index in [0.717, 1.165) is 5.56 Å². The molecule has 22 heavy (non-hydrogen) atoms. The van der Waals surface area contributed by atoms with E-state index in [-0.39, 0.29) is 17.1 Å². The van der Waals surface area contributed by atoms with Crippen molar-refractivity contribution < 1.29 is 17.9 Å². The molecule has 0 unspecified atom stereocenters. The van der Waals surface area contributed by atoms with Crippen molar-refractivity contribution in [2.45, 2.75) is 11.5 Å². The molecule has 0 amide bonds. The quantitative estimate of drug-likeness (QED) is 0.850. The fourth-order valence-electron chi connectivity index (χ4n) is 1.77. The predicted molar refractivity (Wildman–Crippen MR) is 83.3 cm³/mol. The number of benzene rings is 2. The summed E-state index contributed by atoms with van der Waals surface area (Å²) in [6, 6.07) is 12.6. The van der Waals surface area contributed by atoms with Crippen molar-refractivity contribution in [3.05, 3.63) is 64.7 Å². The van der Waals surface area contributed by atoms with Crippen LogP contribution in [0.3, 0.4) is 0 Å². The lowest BCUT2D eigenvalue weighted by Gasteiger charge is -2.07. The minimum absolute atomic E-state index is 0.00667. The van der Waals surface area contributed by atoms with Gasteiger partial charge in [-0.2, -0.15) is 0 Å². The minimum atomic E-state index is -3.60. The number of esters is 1. The number of ether oxygens (including phenoxy) is 1. The van der Waals surface area contributed by atoms with Crippen LogP contribution in [-0.2, 0) is 21.4 Å². The van der Waals surface area contributed by atoms with Crippen molar-refractivity contribution in [2.24, 2.45) is 0 Å². The highest BCUT2D eigenvalue weighted by Crippen LogP contribution is 2.14. The Kier molecular flexibility index (Phi) is 5.18. The van der Waals surface area contributed by atoms with Crippen LogP contribution in [0, 0.1) is 0 Å². The smallest absolute Gasteiger partial charge is 0.338 e. The molecule has 2 rings (SSSR count). The third-order valence-electron chi connectivity index (χ3n) is 2.91. The Morgan fingerprint density at radius 3 is 2.59 bits per heavy atom. The SMILES string of the molecule is CNS(=O)(=O)c1cccc(C(=O)OCc2cccc(Cl)c2)c1. The summed E-state index contributed by atoms with van der Waals surface area (Å²) in [5.41, 5.74) is 0.915. The molecule has 0 aliphatic heterocycles. The first-order valence-corrected chi connectivity index (χ1v) is 8.23. The highest BCUT2D eigenvalue weighted by Gasteiger charge is 2.15. The number of halogens is 1. The summed E-state index contributed by atoms with van der Waals surface area (Å²) in [6.45, 7) is 0.0579. The van der Waals surface area contributed by atoms with Gasteiger partial charge >= 0.3 is 5.97 Å². The molecule has 116 valence electrons. The number of hydrogen-bond donors (Lipinski definition) is 1. The average Bonchev–Trinajstić information content (AvgIpc) is 2.53. The summed E-state index contributed by atoms with van der Waals surface area (Å²) in [4.78, 5) is 12.0. The fraction of sp³-hybridized carbons (Fsp3) is 0.133. The molecule has 0 fully saturated rings. The van der Waals surface area contributed by atoms with E-state index in [1.54, 1.807) is 24.3 Å². The lowest BCUT2D eigenvalue weighted by Crippen LogP contribution is -2.19. The number of carbonyl (C=O) groups is 1. The summed E-state index contributed by atoms with van der Waals surface area (Å²) in [5.74, 6) is -0.604. The lowest BCUT2D eigenvalue weighted by molar-refractivity contribution is 0.0472. The van der Waals surface area contributed by atoms with E-state index in [9.17, 15) is 13.2 Å². The van der Waals surface area contributed by atoms with Crippen molar-refractivity contribution in [3.8, 4) is 0 Å². The maximum Gasteiger partial charge on any atom is 0.338 e. The second kappa shape index (κ2) is 6.91. The van der Waals surface area contributed by atoms with Crippen LogP contribution >= 0.6 is 11.6 Å². The van der Waals surface area contributed by atoms with Crippen LogP contribution in [0.5, 0.6) is 0 Å². The molecule has 0 saturated heterocycles. The molecule has 0 atom stereocenters. The number of nitrogens with one attached hydrogen (secondary N) is 1. The van der Waals surface area contributed by atoms with Crippen LogP contribution in [0.2, 0.25) is 5.02 Å². The van der Waals surface area contributed by atoms with Crippen LogP contribution in [-0.4, -0.2) is 21.4 Å². The third kappa shape index (κ3) is 4.07. The van der Waals surface area contributed by atoms with E-state index in [1.807, 2.05) is 0 Å². The van der Waals surface area contributed by atoms with Gasteiger partial charge in [0.2, 0.25) is 10.0 Å². The molecule has 7 heteroatoms. The molecule has 0 radical (unpaired) electrons. The standard InChI is InChI=1S/C15H14ClNO4S/c1-17-22(19,20)14-7-3-5-12(9-14)15(18)21-10-11-4-2-6-13(16)8-11/h2-9,17H,10H2,1H3. The summed E-state index contributed by atoms with van der Waals surface area (Å²) >= 11 is 5.85. The first-order valence-electron chi connectivity index (χ1n) is 6.37. The van der Waals surface area contributed by atoms with Gasteiger partial charge in [-0.15, -0.1) is 0 Å². The van der Waals surface area contributed by atoms with Gasteiger partial charge in [-0.25, -0.2) is 17.9 Å². The maximum atomic E-state index is 12.0. The average molecular weight is 340 g/mol. The summed E-state index contributed by atoms with van der Waals surface area (Å²) in [7, 11) is -2.30. The van der Waals surface area contributed by atoms with Crippen molar-refractivity contribution >= 4 is 27.6 Å². The van der Waals surface area contributed by atoms with Crippen molar-refractivity contribution in [1.29, 1.82) is 0 Å². The molecule has 0 aliphatic carbocycles. The Labute approximate surface area is 133 Å². The first-order chi connectivity index (χ1) is 10.4. The van der Waals surface area contributed by atoms with Crippen LogP contribution in [0.1, 0.15) is 15.9 Å². The largest absolute Gasteiger partial charge is 0.457 e. The molecule has 0 bridgehead atoms. The van der Waals surface area contributed by atoms with E-state index in [1.165, 1.54) is 31.3 Å². The fourth-order valence-corrected chi connectivity index (χ4v) is 2.76. The molecular weight excluding hydrogens is 326 g/mol. The van der Waals surface area contributed by atoms with Gasteiger partial charge in [0.15, 0.2) is 0 Å². The second-order valence-corrected chi connectivity index (χ2v) is 6.76. The highest BCUT2D eigenvalue weighted by atomic mass is 35.5. The molecule has 0 heterocycles. The number of rotatable bonds is 5. The van der Waals surface area contributed by atoms with Gasteiger partial charge in [0.25, 0.3) is 0 Å². The van der Waals surface area contributed by atoms with Gasteiger partial charge < -0.3 is 4.74 Å². The molecular formula is C15H14ClNO4S. The van der Waals surface area contributed by atoms with Gasteiger partial charge in [0.1, 0.15) is 6.61 Å². The predicted octanol–water partition coefficient (Wildman–Crippen LogP) is 2.61. The Balaban J connectivity index is 2.12. The molecule has 0 aromatic heterocycles. The molecule has 2 aromatic carbocycles. The Morgan fingerprint density at radius 2 is 1.91 bits per heavy atom. The molecule has 5 nitrogen and oxygen atoms in total.